The molecule has 2 N–H and O–H groups in total. The summed E-state index contributed by atoms with van der Waals surface area (Å²) in [5.74, 6) is 6.81. The molecule has 10 nitrogen and oxygen atoms in total. The molecule has 2 saturated heterocycles. The molecule has 2 aromatic carbocycles. The van der Waals surface area contributed by atoms with Crippen LogP contribution >= 0.6 is 0 Å². The van der Waals surface area contributed by atoms with E-state index in [1.807, 2.05) is 24.3 Å². The van der Waals surface area contributed by atoms with Crippen molar-refractivity contribution in [2.24, 2.45) is 0 Å². The zero-order valence-corrected chi connectivity index (χ0v) is 24.3. The molecule has 0 unspecified atom stereocenters. The normalized spacial score (nSPS) is 17.6. The molecule has 1 amide bonds. The number of likely N-dealkylation sites (tertiary alicyclic amines) is 2. The van der Waals surface area contributed by atoms with Gasteiger partial charge in [0, 0.05) is 39.0 Å². The molecule has 0 radical (unpaired) electrons. The predicted molar refractivity (Wildman–Crippen MR) is 153 cm³/mol. The van der Waals surface area contributed by atoms with Crippen molar-refractivity contribution >= 4 is 15.9 Å². The lowest BCUT2D eigenvalue weighted by Gasteiger charge is -2.40. The first-order chi connectivity index (χ1) is 19.8. The van der Waals surface area contributed by atoms with E-state index in [2.05, 4.69) is 21.6 Å². The number of carbonyl (C=O) groups is 1. The fraction of sp³-hybridized carbons (Fsp3) is 0.500. The molecule has 0 aromatic heterocycles. The van der Waals surface area contributed by atoms with Gasteiger partial charge < -0.3 is 14.2 Å². The minimum Gasteiger partial charge on any atom is -0.492 e. The second-order valence-corrected chi connectivity index (χ2v) is 12.5. The first kappa shape index (κ1) is 30.7. The Bertz CT molecular complexity index is 1290. The maximum Gasteiger partial charge on any atom is 0.432 e. The molecule has 222 valence electrons. The molecular weight excluding hydrogens is 546 g/mol. The number of amides is 1. The van der Waals surface area contributed by atoms with Crippen LogP contribution in [0.25, 0.3) is 0 Å². The van der Waals surface area contributed by atoms with E-state index in [9.17, 15) is 13.2 Å². The molecule has 0 spiro atoms. The highest BCUT2D eigenvalue weighted by Gasteiger charge is 2.50. The van der Waals surface area contributed by atoms with Gasteiger partial charge in [-0.2, -0.15) is 0 Å². The fourth-order valence-electron chi connectivity index (χ4n) is 5.22. The highest BCUT2D eigenvalue weighted by molar-refractivity contribution is 7.92. The highest BCUT2D eigenvalue weighted by Crippen LogP contribution is 2.37. The van der Waals surface area contributed by atoms with Crippen LogP contribution in [0.5, 0.6) is 11.5 Å². The maximum atomic E-state index is 13.7. The number of piperidine rings is 2. The van der Waals surface area contributed by atoms with Crippen LogP contribution < -0.4 is 15.0 Å². The monoisotopic (exact) mass is 585 g/mol. The molecule has 2 aliphatic heterocycles. The van der Waals surface area contributed by atoms with E-state index in [0.29, 0.717) is 32.0 Å². The third-order valence-electron chi connectivity index (χ3n) is 7.55. The lowest BCUT2D eigenvalue weighted by molar-refractivity contribution is 0.000286. The number of nitrogens with one attached hydrogen (secondary N) is 1. The first-order valence-electron chi connectivity index (χ1n) is 14.0. The summed E-state index contributed by atoms with van der Waals surface area (Å²) in [4.78, 5) is 14.8. The van der Waals surface area contributed by atoms with Crippen molar-refractivity contribution in [2.75, 3.05) is 45.9 Å². The summed E-state index contributed by atoms with van der Waals surface area (Å²) in [6.45, 7) is 7.15. The summed E-state index contributed by atoms with van der Waals surface area (Å²) in [5, 5.41) is 9.07. The number of carbonyl (C=O) groups excluding carboxylic acids is 1. The summed E-state index contributed by atoms with van der Waals surface area (Å²) >= 11 is 0. The van der Waals surface area contributed by atoms with E-state index in [1.165, 1.54) is 36.9 Å². The molecule has 0 aliphatic carbocycles. The van der Waals surface area contributed by atoms with Crippen LogP contribution in [0, 0.1) is 11.8 Å². The summed E-state index contributed by atoms with van der Waals surface area (Å²) in [7, 11) is -4.11. The van der Waals surface area contributed by atoms with E-state index < -0.39 is 20.9 Å². The average molecular weight is 586 g/mol. The average Bonchev–Trinajstić information content (AvgIpc) is 3.00. The molecule has 2 fully saturated rings. The number of hydroxylamine groups is 1. The van der Waals surface area contributed by atoms with Crippen molar-refractivity contribution in [1.82, 2.24) is 15.3 Å². The summed E-state index contributed by atoms with van der Waals surface area (Å²) in [6, 6.07) is 13.9. The Morgan fingerprint density at radius 2 is 1.56 bits per heavy atom. The molecule has 2 aliphatic rings. The number of hydrogen-bond acceptors (Lipinski definition) is 9. The van der Waals surface area contributed by atoms with Gasteiger partial charge in [-0.1, -0.05) is 24.5 Å². The molecule has 2 aromatic rings. The summed E-state index contributed by atoms with van der Waals surface area (Å²) in [6.07, 6.45) is 2.72. The van der Waals surface area contributed by atoms with E-state index >= 15 is 0 Å². The Kier molecular flexibility index (Phi) is 10.9. The van der Waals surface area contributed by atoms with Crippen molar-refractivity contribution in [1.29, 1.82) is 0 Å². The second kappa shape index (κ2) is 14.5. The first-order valence-corrected chi connectivity index (χ1v) is 15.5. The largest absolute Gasteiger partial charge is 0.492 e. The number of rotatable bonds is 11. The van der Waals surface area contributed by atoms with Gasteiger partial charge in [0.05, 0.1) is 4.90 Å². The molecule has 0 saturated carbocycles. The molecule has 41 heavy (non-hydrogen) atoms. The lowest BCUT2D eigenvalue weighted by atomic mass is 10.1. The van der Waals surface area contributed by atoms with Crippen molar-refractivity contribution in [3.63, 3.8) is 0 Å². The Labute approximate surface area is 242 Å². The molecule has 0 bridgehead atoms. The van der Waals surface area contributed by atoms with Gasteiger partial charge >= 0.3 is 6.09 Å². The van der Waals surface area contributed by atoms with Crippen LogP contribution in [0.2, 0.25) is 0 Å². The Morgan fingerprint density at radius 1 is 0.927 bits per heavy atom. The van der Waals surface area contributed by atoms with Crippen LogP contribution in [-0.2, 0) is 21.1 Å². The van der Waals surface area contributed by atoms with Crippen LogP contribution in [0.15, 0.2) is 53.4 Å². The standard InChI is InChI=1S/C30H39N3O7S/c1-2-3-22-38-27-11-13-28(14-12-27)41(36,37)30(40-29(34)31-35)15-19-33(20-16-30)24-25-7-9-26(10-8-25)39-23-21-32-17-5-4-6-18-32/h7-14,35H,4-6,15-24H2,1H3,(H,31,34). The number of hydrogen-bond donors (Lipinski definition) is 2. The molecule has 11 heteroatoms. The van der Waals surface area contributed by atoms with Gasteiger partial charge in [-0.3, -0.25) is 15.0 Å². The summed E-state index contributed by atoms with van der Waals surface area (Å²) in [5.41, 5.74) is 2.47. The van der Waals surface area contributed by atoms with Gasteiger partial charge in [-0.05, 0) is 74.8 Å². The van der Waals surface area contributed by atoms with Gasteiger partial charge in [0.2, 0.25) is 14.8 Å². The predicted octanol–water partition coefficient (Wildman–Crippen LogP) is 3.83. The van der Waals surface area contributed by atoms with Crippen LogP contribution in [0.1, 0.15) is 44.6 Å². The zero-order chi connectivity index (χ0) is 29.1. The third-order valence-corrected chi connectivity index (χ3v) is 9.92. The Hall–Kier alpha value is -3.30. The topological polar surface area (TPSA) is 118 Å². The van der Waals surface area contributed by atoms with Gasteiger partial charge in [-0.25, -0.2) is 18.7 Å². The minimum atomic E-state index is -4.11. The van der Waals surface area contributed by atoms with Crippen molar-refractivity contribution in [2.45, 2.75) is 55.4 Å². The van der Waals surface area contributed by atoms with Crippen LogP contribution in [-0.4, -0.2) is 80.4 Å². The second-order valence-electron chi connectivity index (χ2n) is 10.3. The zero-order valence-electron chi connectivity index (χ0n) is 23.5. The number of benzene rings is 2. The highest BCUT2D eigenvalue weighted by atomic mass is 32.2. The number of sulfone groups is 1. The molecular formula is C30H39N3O7S. The van der Waals surface area contributed by atoms with Crippen molar-refractivity contribution in [3.8, 4) is 23.3 Å². The number of nitrogens with zero attached hydrogens (tertiary/aromatic N) is 2. The Morgan fingerprint density at radius 3 is 2.20 bits per heavy atom. The van der Waals surface area contributed by atoms with Crippen LogP contribution in [0.3, 0.4) is 0 Å². The van der Waals surface area contributed by atoms with Gasteiger partial charge in [0.25, 0.3) is 0 Å². The minimum absolute atomic E-state index is 0.00138. The SMILES string of the molecule is CC#CCOc1ccc(S(=O)(=O)C2(OC(=O)NO)CCN(Cc3ccc(OCCN4CCCCC4)cc3)CC2)cc1. The Balaban J connectivity index is 1.35. The van der Waals surface area contributed by atoms with Crippen molar-refractivity contribution < 1.29 is 32.6 Å². The van der Waals surface area contributed by atoms with Gasteiger partial charge in [0.15, 0.2) is 0 Å². The van der Waals surface area contributed by atoms with Gasteiger partial charge in [-0.15, -0.1) is 5.92 Å². The number of ether oxygens (including phenoxy) is 3. The quantitative estimate of drug-likeness (QED) is 0.230. The maximum absolute atomic E-state index is 13.7. The van der Waals surface area contributed by atoms with Gasteiger partial charge in [0.1, 0.15) is 24.7 Å². The molecule has 2 heterocycles. The van der Waals surface area contributed by atoms with E-state index in [-0.39, 0.29) is 24.3 Å². The molecule has 4 rings (SSSR count). The van der Waals surface area contributed by atoms with Crippen molar-refractivity contribution in [3.05, 3.63) is 54.1 Å². The van der Waals surface area contributed by atoms with E-state index in [1.54, 1.807) is 19.1 Å². The van der Waals surface area contributed by atoms with E-state index in [4.69, 9.17) is 19.4 Å². The van der Waals surface area contributed by atoms with Crippen LogP contribution in [0.4, 0.5) is 4.79 Å². The molecule has 0 atom stereocenters. The third kappa shape index (κ3) is 8.14. The summed E-state index contributed by atoms with van der Waals surface area (Å²) < 4.78 is 44.2. The fourth-order valence-corrected chi connectivity index (χ4v) is 7.04. The van der Waals surface area contributed by atoms with E-state index in [0.717, 1.165) is 30.9 Å². The lowest BCUT2D eigenvalue weighted by Crippen LogP contribution is -2.52. The smallest absolute Gasteiger partial charge is 0.432 e.